The summed E-state index contributed by atoms with van der Waals surface area (Å²) in [6, 6.07) is 0. The van der Waals surface area contributed by atoms with Crippen LogP contribution in [0.5, 0.6) is 0 Å². The van der Waals surface area contributed by atoms with Gasteiger partial charge >= 0.3 is 6.18 Å². The maximum atomic E-state index is 12.2. The maximum Gasteiger partial charge on any atom is 0.434 e. The molecule has 13 heavy (non-hydrogen) atoms. The van der Waals surface area contributed by atoms with Crippen LogP contribution in [-0.4, -0.2) is 9.97 Å². The van der Waals surface area contributed by atoms with E-state index in [4.69, 9.17) is 5.84 Å². The topological polar surface area (TPSA) is 63.8 Å². The second-order valence-corrected chi connectivity index (χ2v) is 2.89. The highest BCUT2D eigenvalue weighted by Gasteiger charge is 2.35. The molecule has 1 heterocycles. The fourth-order valence-corrected chi connectivity index (χ4v) is 1.05. The zero-order valence-corrected chi connectivity index (χ0v) is 7.65. The van der Waals surface area contributed by atoms with Crippen molar-refractivity contribution >= 4 is 21.9 Å². The average molecular weight is 257 g/mol. The number of nitrogens with one attached hydrogen (secondary N) is 1. The van der Waals surface area contributed by atoms with Gasteiger partial charge in [0, 0.05) is 6.20 Å². The van der Waals surface area contributed by atoms with Gasteiger partial charge in [0.25, 0.3) is 0 Å². The van der Waals surface area contributed by atoms with E-state index < -0.39 is 11.9 Å². The second-order valence-electron chi connectivity index (χ2n) is 2.03. The number of hydrogen-bond donors (Lipinski definition) is 2. The minimum absolute atomic E-state index is 0.223. The van der Waals surface area contributed by atoms with Crippen LogP contribution in [0.4, 0.5) is 19.1 Å². The summed E-state index contributed by atoms with van der Waals surface area (Å²) in [5, 5.41) is 0. The smallest absolute Gasteiger partial charge is 0.292 e. The molecule has 0 radical (unpaired) electrons. The van der Waals surface area contributed by atoms with Gasteiger partial charge in [-0.05, 0) is 15.9 Å². The van der Waals surface area contributed by atoms with Gasteiger partial charge in [-0.2, -0.15) is 13.2 Å². The Morgan fingerprint density at radius 3 is 2.54 bits per heavy atom. The van der Waals surface area contributed by atoms with Crippen molar-refractivity contribution in [3.8, 4) is 0 Å². The highest BCUT2D eigenvalue weighted by atomic mass is 79.9. The summed E-state index contributed by atoms with van der Waals surface area (Å²) in [5.41, 5.74) is 0.864. The molecule has 0 aliphatic carbocycles. The van der Waals surface area contributed by atoms with Gasteiger partial charge in [-0.15, -0.1) is 0 Å². The van der Waals surface area contributed by atoms with Crippen molar-refractivity contribution in [1.29, 1.82) is 0 Å². The molecule has 0 aliphatic rings. The summed E-state index contributed by atoms with van der Waals surface area (Å²) in [4.78, 5) is 6.62. The van der Waals surface area contributed by atoms with Gasteiger partial charge in [0.1, 0.15) is 0 Å². The van der Waals surface area contributed by atoms with Crippen LogP contribution in [0.15, 0.2) is 10.7 Å². The Kier molecular flexibility index (Phi) is 2.71. The summed E-state index contributed by atoms with van der Waals surface area (Å²) < 4.78 is 36.3. The molecular formula is C5H4BrF3N4. The Bertz CT molecular complexity index is 313. The molecule has 4 nitrogen and oxygen atoms in total. The number of alkyl halides is 3. The first-order valence-corrected chi connectivity index (χ1v) is 3.81. The van der Waals surface area contributed by atoms with Gasteiger partial charge in [0.2, 0.25) is 5.95 Å². The molecule has 0 spiro atoms. The van der Waals surface area contributed by atoms with Crippen LogP contribution in [0.1, 0.15) is 5.69 Å². The van der Waals surface area contributed by atoms with Crippen molar-refractivity contribution in [2.24, 2.45) is 5.84 Å². The van der Waals surface area contributed by atoms with E-state index in [1.165, 1.54) is 0 Å². The van der Waals surface area contributed by atoms with Crippen LogP contribution in [0.3, 0.4) is 0 Å². The van der Waals surface area contributed by atoms with Crippen molar-refractivity contribution in [3.05, 3.63) is 16.4 Å². The molecule has 3 N–H and O–H groups in total. The molecule has 1 aromatic heterocycles. The number of nitrogens with two attached hydrogens (primary N) is 1. The molecule has 0 amide bonds. The number of rotatable bonds is 1. The lowest BCUT2D eigenvalue weighted by atomic mass is 10.4. The van der Waals surface area contributed by atoms with Crippen LogP contribution in [-0.2, 0) is 6.18 Å². The molecule has 8 heteroatoms. The van der Waals surface area contributed by atoms with Gasteiger partial charge in [-0.1, -0.05) is 0 Å². The van der Waals surface area contributed by atoms with E-state index in [1.54, 1.807) is 0 Å². The third-order valence-electron chi connectivity index (χ3n) is 1.14. The minimum Gasteiger partial charge on any atom is -0.292 e. The zero-order chi connectivity index (χ0) is 10.1. The van der Waals surface area contributed by atoms with Gasteiger partial charge in [0.15, 0.2) is 5.69 Å². The normalized spacial score (nSPS) is 11.5. The van der Waals surface area contributed by atoms with Crippen LogP contribution < -0.4 is 11.3 Å². The molecule has 0 saturated heterocycles. The third kappa shape index (κ3) is 2.28. The third-order valence-corrected chi connectivity index (χ3v) is 1.72. The quantitative estimate of drug-likeness (QED) is 0.591. The van der Waals surface area contributed by atoms with Crippen molar-refractivity contribution in [3.63, 3.8) is 0 Å². The summed E-state index contributed by atoms with van der Waals surface area (Å²) in [5.74, 6) is 4.57. The average Bonchev–Trinajstić information content (AvgIpc) is 2.03. The summed E-state index contributed by atoms with van der Waals surface area (Å²) in [6.45, 7) is 0. The number of hydrazine groups is 1. The molecule has 0 aliphatic heterocycles. The fourth-order valence-electron chi connectivity index (χ4n) is 0.635. The molecule has 0 unspecified atom stereocenters. The van der Waals surface area contributed by atoms with E-state index in [9.17, 15) is 13.2 Å². The minimum atomic E-state index is -4.52. The first kappa shape index (κ1) is 10.2. The number of nitrogens with zero attached hydrogens (tertiary/aromatic N) is 2. The van der Waals surface area contributed by atoms with E-state index in [2.05, 4.69) is 25.9 Å². The molecule has 72 valence electrons. The van der Waals surface area contributed by atoms with Crippen molar-refractivity contribution in [2.75, 3.05) is 5.43 Å². The molecule has 0 aromatic carbocycles. The largest absolute Gasteiger partial charge is 0.434 e. The monoisotopic (exact) mass is 256 g/mol. The predicted molar refractivity (Wildman–Crippen MR) is 42.5 cm³/mol. The van der Waals surface area contributed by atoms with Crippen LogP contribution in [0.25, 0.3) is 0 Å². The van der Waals surface area contributed by atoms with Crippen LogP contribution >= 0.6 is 15.9 Å². The molecule has 1 aromatic rings. The van der Waals surface area contributed by atoms with E-state index in [0.29, 0.717) is 0 Å². The van der Waals surface area contributed by atoms with Crippen LogP contribution in [0, 0.1) is 0 Å². The number of hydrogen-bond acceptors (Lipinski definition) is 4. The highest BCUT2D eigenvalue weighted by Crippen LogP contribution is 2.32. The summed E-state index contributed by atoms with van der Waals surface area (Å²) >= 11 is 2.68. The number of nitrogen functional groups attached to an aromatic ring is 1. The van der Waals surface area contributed by atoms with E-state index >= 15 is 0 Å². The maximum absolute atomic E-state index is 12.2. The number of halogens is 4. The molecule has 0 atom stereocenters. The molecule has 1 rings (SSSR count). The van der Waals surface area contributed by atoms with Gasteiger partial charge in [-0.25, -0.2) is 15.8 Å². The van der Waals surface area contributed by atoms with Crippen LogP contribution in [0.2, 0.25) is 0 Å². The molecule has 0 fully saturated rings. The Balaban J connectivity index is 3.19. The number of anilines is 1. The standard InChI is InChI=1S/C5H4BrF3N4/c6-2-1-11-4(13-10)12-3(2)5(7,8)9/h1H,10H2,(H,11,12,13). The lowest BCUT2D eigenvalue weighted by molar-refractivity contribution is -0.141. The lowest BCUT2D eigenvalue weighted by Gasteiger charge is -2.08. The molecule has 0 bridgehead atoms. The van der Waals surface area contributed by atoms with E-state index in [0.717, 1.165) is 6.20 Å². The summed E-state index contributed by atoms with van der Waals surface area (Å²) in [7, 11) is 0. The zero-order valence-electron chi connectivity index (χ0n) is 6.06. The first-order chi connectivity index (χ1) is 5.95. The van der Waals surface area contributed by atoms with Gasteiger partial charge in [0.05, 0.1) is 4.47 Å². The molecular weight excluding hydrogens is 253 g/mol. The van der Waals surface area contributed by atoms with Gasteiger partial charge in [-0.3, -0.25) is 5.43 Å². The van der Waals surface area contributed by atoms with Crippen molar-refractivity contribution in [2.45, 2.75) is 6.18 Å². The van der Waals surface area contributed by atoms with Crippen molar-refractivity contribution in [1.82, 2.24) is 9.97 Å². The summed E-state index contributed by atoms with van der Waals surface area (Å²) in [6.07, 6.45) is -3.54. The van der Waals surface area contributed by atoms with Gasteiger partial charge < -0.3 is 0 Å². The Morgan fingerprint density at radius 2 is 2.08 bits per heavy atom. The first-order valence-electron chi connectivity index (χ1n) is 3.01. The SMILES string of the molecule is NNc1ncc(Br)c(C(F)(F)F)n1. The Morgan fingerprint density at radius 1 is 1.46 bits per heavy atom. The highest BCUT2D eigenvalue weighted by molar-refractivity contribution is 9.10. The van der Waals surface area contributed by atoms with E-state index in [1.807, 2.05) is 5.43 Å². The van der Waals surface area contributed by atoms with Crippen molar-refractivity contribution < 1.29 is 13.2 Å². The fraction of sp³-hybridized carbons (Fsp3) is 0.200. The predicted octanol–water partition coefficient (Wildman–Crippen LogP) is 1.54. The van der Waals surface area contributed by atoms with E-state index in [-0.39, 0.29) is 10.4 Å². The lowest BCUT2D eigenvalue weighted by Crippen LogP contribution is -2.15. The Labute approximate surface area is 79.5 Å². The number of aromatic nitrogens is 2. The second kappa shape index (κ2) is 3.46. The Hall–Kier alpha value is -0.890. The molecule has 0 saturated carbocycles.